The van der Waals surface area contributed by atoms with Gasteiger partial charge in [-0.1, -0.05) is 0 Å². The molecule has 0 unspecified atom stereocenters. The Morgan fingerprint density at radius 2 is 2.04 bits per heavy atom. The number of sulfonamides is 1. The van der Waals surface area contributed by atoms with Crippen molar-refractivity contribution in [1.29, 1.82) is 5.26 Å². The van der Waals surface area contributed by atoms with Gasteiger partial charge >= 0.3 is 0 Å². The van der Waals surface area contributed by atoms with Crippen molar-refractivity contribution in [2.75, 3.05) is 19.3 Å². The number of rotatable bonds is 5. The van der Waals surface area contributed by atoms with E-state index in [4.69, 9.17) is 5.26 Å². The maximum absolute atomic E-state index is 12.7. The first kappa shape index (κ1) is 17.4. The quantitative estimate of drug-likeness (QED) is 0.883. The van der Waals surface area contributed by atoms with E-state index in [1.54, 1.807) is 24.3 Å². The molecule has 0 saturated carbocycles. The minimum Gasteiger partial charge on any atom is -0.336 e. The standard InChI is InChI=1S/C16H21N3O3S/c1-23(21,22)18-10-9-15-4-2-3-11-19(15)16(20)14-7-5-13(12-17)6-8-14/h5-8,15,18H,2-4,9-11H2,1H3/t15-/m0/s1. The molecule has 0 aliphatic carbocycles. The molecule has 1 N–H and O–H groups in total. The summed E-state index contributed by atoms with van der Waals surface area (Å²) in [7, 11) is -3.21. The summed E-state index contributed by atoms with van der Waals surface area (Å²) in [5, 5.41) is 8.82. The monoisotopic (exact) mass is 335 g/mol. The third-order valence-electron chi connectivity index (χ3n) is 3.99. The number of benzene rings is 1. The summed E-state index contributed by atoms with van der Waals surface area (Å²) in [4.78, 5) is 14.5. The van der Waals surface area contributed by atoms with Gasteiger partial charge in [0.25, 0.3) is 5.91 Å². The maximum atomic E-state index is 12.7. The molecule has 1 heterocycles. The van der Waals surface area contributed by atoms with Gasteiger partial charge in [0.2, 0.25) is 10.0 Å². The highest BCUT2D eigenvalue weighted by atomic mass is 32.2. The zero-order valence-electron chi connectivity index (χ0n) is 13.2. The summed E-state index contributed by atoms with van der Waals surface area (Å²) >= 11 is 0. The first-order valence-electron chi connectivity index (χ1n) is 7.66. The van der Waals surface area contributed by atoms with Crippen LogP contribution in [0, 0.1) is 11.3 Å². The first-order valence-corrected chi connectivity index (χ1v) is 9.55. The molecule has 2 rings (SSSR count). The second-order valence-electron chi connectivity index (χ2n) is 5.79. The summed E-state index contributed by atoms with van der Waals surface area (Å²) < 4.78 is 24.8. The van der Waals surface area contributed by atoms with Crippen molar-refractivity contribution in [3.63, 3.8) is 0 Å². The van der Waals surface area contributed by atoms with E-state index in [1.807, 2.05) is 11.0 Å². The average molecular weight is 335 g/mol. The molecule has 1 saturated heterocycles. The number of nitrogens with one attached hydrogen (secondary N) is 1. The molecule has 1 amide bonds. The van der Waals surface area contributed by atoms with E-state index >= 15 is 0 Å². The third kappa shape index (κ3) is 5.05. The average Bonchev–Trinajstić information content (AvgIpc) is 2.53. The Balaban J connectivity index is 2.04. The highest BCUT2D eigenvalue weighted by Crippen LogP contribution is 2.22. The lowest BCUT2D eigenvalue weighted by Gasteiger charge is -2.36. The number of nitriles is 1. The number of carbonyl (C=O) groups excluding carboxylic acids is 1. The van der Waals surface area contributed by atoms with Gasteiger partial charge in [-0.2, -0.15) is 5.26 Å². The molecule has 6 nitrogen and oxygen atoms in total. The van der Waals surface area contributed by atoms with Crippen LogP contribution in [0.2, 0.25) is 0 Å². The van der Waals surface area contributed by atoms with Crippen molar-refractivity contribution in [3.05, 3.63) is 35.4 Å². The molecule has 1 aliphatic heterocycles. The molecule has 1 fully saturated rings. The van der Waals surface area contributed by atoms with Crippen molar-refractivity contribution < 1.29 is 13.2 Å². The summed E-state index contributed by atoms with van der Waals surface area (Å²) in [6.07, 6.45) is 4.62. The minimum atomic E-state index is -3.21. The Morgan fingerprint density at radius 1 is 1.35 bits per heavy atom. The Kier molecular flexibility index (Phi) is 5.74. The Hall–Kier alpha value is -1.91. The number of amides is 1. The van der Waals surface area contributed by atoms with Crippen LogP contribution < -0.4 is 4.72 Å². The van der Waals surface area contributed by atoms with Gasteiger partial charge in [0.05, 0.1) is 17.9 Å². The summed E-state index contributed by atoms with van der Waals surface area (Å²) in [6, 6.07) is 8.68. The number of carbonyl (C=O) groups is 1. The van der Waals surface area contributed by atoms with Gasteiger partial charge < -0.3 is 4.90 Å². The number of nitrogens with zero attached hydrogens (tertiary/aromatic N) is 2. The molecule has 1 aromatic carbocycles. The predicted octanol–water partition coefficient (Wildman–Crippen LogP) is 1.49. The SMILES string of the molecule is CS(=O)(=O)NCC[C@@H]1CCCCN1C(=O)c1ccc(C#N)cc1. The Bertz CT molecular complexity index is 692. The number of hydrogen-bond acceptors (Lipinski definition) is 4. The molecule has 124 valence electrons. The zero-order valence-corrected chi connectivity index (χ0v) is 14.0. The molecule has 1 aliphatic rings. The fourth-order valence-corrected chi connectivity index (χ4v) is 3.32. The van der Waals surface area contributed by atoms with Gasteiger partial charge in [-0.15, -0.1) is 0 Å². The fourth-order valence-electron chi connectivity index (χ4n) is 2.83. The van der Waals surface area contributed by atoms with E-state index in [2.05, 4.69) is 4.72 Å². The van der Waals surface area contributed by atoms with Crippen LogP contribution in [-0.2, 0) is 10.0 Å². The lowest BCUT2D eigenvalue weighted by atomic mass is 9.98. The highest BCUT2D eigenvalue weighted by Gasteiger charge is 2.27. The van der Waals surface area contributed by atoms with Crippen molar-refractivity contribution in [2.24, 2.45) is 0 Å². The summed E-state index contributed by atoms with van der Waals surface area (Å²) in [5.74, 6) is -0.0569. The summed E-state index contributed by atoms with van der Waals surface area (Å²) in [5.41, 5.74) is 1.08. The maximum Gasteiger partial charge on any atom is 0.254 e. The Labute approximate surface area is 137 Å². The van der Waals surface area contributed by atoms with E-state index in [0.29, 0.717) is 30.6 Å². The first-order chi connectivity index (χ1) is 10.9. The zero-order chi connectivity index (χ0) is 16.9. The smallest absolute Gasteiger partial charge is 0.254 e. The number of piperidine rings is 1. The Morgan fingerprint density at radius 3 is 2.65 bits per heavy atom. The lowest BCUT2D eigenvalue weighted by Crippen LogP contribution is -2.45. The van der Waals surface area contributed by atoms with E-state index < -0.39 is 10.0 Å². The van der Waals surface area contributed by atoms with Crippen LogP contribution in [0.25, 0.3) is 0 Å². The molecule has 7 heteroatoms. The van der Waals surface area contributed by atoms with Gasteiger partial charge in [0.15, 0.2) is 0 Å². The van der Waals surface area contributed by atoms with Crippen LogP contribution in [0.5, 0.6) is 0 Å². The van der Waals surface area contributed by atoms with Gasteiger partial charge in [0, 0.05) is 24.7 Å². The minimum absolute atomic E-state index is 0.0427. The summed E-state index contributed by atoms with van der Waals surface area (Å²) in [6.45, 7) is 1.02. The lowest BCUT2D eigenvalue weighted by molar-refractivity contribution is 0.0604. The molecule has 23 heavy (non-hydrogen) atoms. The molecule has 0 bridgehead atoms. The number of likely N-dealkylation sites (tertiary alicyclic amines) is 1. The molecule has 0 aromatic heterocycles. The third-order valence-corrected chi connectivity index (χ3v) is 4.72. The molecular weight excluding hydrogens is 314 g/mol. The second-order valence-corrected chi connectivity index (χ2v) is 7.63. The molecule has 0 radical (unpaired) electrons. The van der Waals surface area contributed by atoms with E-state index in [-0.39, 0.29) is 11.9 Å². The largest absolute Gasteiger partial charge is 0.336 e. The van der Waals surface area contributed by atoms with Crippen molar-refractivity contribution in [2.45, 2.75) is 31.7 Å². The topological polar surface area (TPSA) is 90.3 Å². The normalized spacial score (nSPS) is 18.4. The van der Waals surface area contributed by atoms with Crippen LogP contribution >= 0.6 is 0 Å². The predicted molar refractivity (Wildman–Crippen MR) is 87.3 cm³/mol. The van der Waals surface area contributed by atoms with Crippen LogP contribution in [0.1, 0.15) is 41.6 Å². The molecule has 1 aromatic rings. The second kappa shape index (κ2) is 7.57. The molecular formula is C16H21N3O3S. The van der Waals surface area contributed by atoms with Gasteiger partial charge in [-0.05, 0) is 49.9 Å². The van der Waals surface area contributed by atoms with E-state index in [9.17, 15) is 13.2 Å². The van der Waals surface area contributed by atoms with E-state index in [1.165, 1.54) is 0 Å². The van der Waals surface area contributed by atoms with Gasteiger partial charge in [0.1, 0.15) is 0 Å². The van der Waals surface area contributed by atoms with Crippen molar-refractivity contribution in [3.8, 4) is 6.07 Å². The van der Waals surface area contributed by atoms with Crippen LogP contribution in [0.3, 0.4) is 0 Å². The molecule has 1 atom stereocenters. The fraction of sp³-hybridized carbons (Fsp3) is 0.500. The van der Waals surface area contributed by atoms with Gasteiger partial charge in [-0.25, -0.2) is 13.1 Å². The van der Waals surface area contributed by atoms with Gasteiger partial charge in [-0.3, -0.25) is 4.79 Å². The van der Waals surface area contributed by atoms with E-state index in [0.717, 1.165) is 25.5 Å². The van der Waals surface area contributed by atoms with Crippen molar-refractivity contribution in [1.82, 2.24) is 9.62 Å². The number of hydrogen-bond donors (Lipinski definition) is 1. The van der Waals surface area contributed by atoms with Crippen LogP contribution in [0.15, 0.2) is 24.3 Å². The van der Waals surface area contributed by atoms with Crippen molar-refractivity contribution >= 4 is 15.9 Å². The van der Waals surface area contributed by atoms with Crippen LogP contribution in [0.4, 0.5) is 0 Å². The van der Waals surface area contributed by atoms with Crippen LogP contribution in [-0.4, -0.2) is 44.6 Å². The molecule has 0 spiro atoms. The highest BCUT2D eigenvalue weighted by molar-refractivity contribution is 7.88.